The SMILES string of the molecule is COc1cc(COc2cccc(C)c2C)ccc1C#N. The van der Waals surface area contributed by atoms with Gasteiger partial charge in [-0.2, -0.15) is 5.26 Å². The van der Waals surface area contributed by atoms with E-state index in [1.165, 1.54) is 5.56 Å². The summed E-state index contributed by atoms with van der Waals surface area (Å²) in [5.41, 5.74) is 3.86. The van der Waals surface area contributed by atoms with Crippen molar-refractivity contribution in [3.8, 4) is 17.6 Å². The van der Waals surface area contributed by atoms with Crippen LogP contribution in [-0.4, -0.2) is 7.11 Å². The first kappa shape index (κ1) is 14.0. The summed E-state index contributed by atoms with van der Waals surface area (Å²) in [5.74, 6) is 1.46. The van der Waals surface area contributed by atoms with Crippen LogP contribution in [0.2, 0.25) is 0 Å². The quantitative estimate of drug-likeness (QED) is 0.847. The van der Waals surface area contributed by atoms with Gasteiger partial charge in [-0.05, 0) is 48.7 Å². The van der Waals surface area contributed by atoms with E-state index < -0.39 is 0 Å². The Morgan fingerprint density at radius 3 is 2.60 bits per heavy atom. The molecule has 2 rings (SSSR count). The molecule has 3 heteroatoms. The van der Waals surface area contributed by atoms with E-state index in [0.717, 1.165) is 16.9 Å². The fraction of sp³-hybridized carbons (Fsp3) is 0.235. The molecule has 0 aromatic heterocycles. The number of aryl methyl sites for hydroxylation is 1. The van der Waals surface area contributed by atoms with Crippen molar-refractivity contribution in [2.75, 3.05) is 7.11 Å². The first-order valence-corrected chi connectivity index (χ1v) is 6.41. The lowest BCUT2D eigenvalue weighted by atomic mass is 10.1. The van der Waals surface area contributed by atoms with Crippen LogP contribution < -0.4 is 9.47 Å². The fourth-order valence-corrected chi connectivity index (χ4v) is 1.96. The van der Waals surface area contributed by atoms with Crippen LogP contribution >= 0.6 is 0 Å². The molecule has 0 N–H and O–H groups in total. The number of ether oxygens (including phenoxy) is 2. The zero-order valence-corrected chi connectivity index (χ0v) is 11.9. The molecule has 0 bridgehead atoms. The predicted molar refractivity (Wildman–Crippen MR) is 78.0 cm³/mol. The molecule has 0 atom stereocenters. The minimum atomic E-state index is 0.451. The highest BCUT2D eigenvalue weighted by Gasteiger charge is 2.06. The van der Waals surface area contributed by atoms with Gasteiger partial charge in [-0.25, -0.2) is 0 Å². The van der Waals surface area contributed by atoms with Gasteiger partial charge >= 0.3 is 0 Å². The number of nitrogens with zero attached hydrogens (tertiary/aromatic N) is 1. The normalized spacial score (nSPS) is 9.90. The van der Waals surface area contributed by atoms with Crippen LogP contribution in [0.1, 0.15) is 22.3 Å². The second-order valence-electron chi connectivity index (χ2n) is 4.63. The second-order valence-corrected chi connectivity index (χ2v) is 4.63. The molecule has 2 aromatic carbocycles. The molecule has 20 heavy (non-hydrogen) atoms. The topological polar surface area (TPSA) is 42.2 Å². The van der Waals surface area contributed by atoms with Crippen LogP contribution in [0.3, 0.4) is 0 Å². The van der Waals surface area contributed by atoms with Crippen molar-refractivity contribution in [1.29, 1.82) is 5.26 Å². The molecule has 0 saturated carbocycles. The Labute approximate surface area is 119 Å². The number of benzene rings is 2. The molecule has 0 fully saturated rings. The third kappa shape index (κ3) is 2.92. The summed E-state index contributed by atoms with van der Waals surface area (Å²) in [6.45, 7) is 4.56. The maximum Gasteiger partial charge on any atom is 0.137 e. The zero-order chi connectivity index (χ0) is 14.5. The Bertz CT molecular complexity index is 657. The molecular formula is C17H17NO2. The molecule has 0 heterocycles. The molecule has 0 spiro atoms. The minimum absolute atomic E-state index is 0.451. The van der Waals surface area contributed by atoms with Crippen LogP contribution in [0.5, 0.6) is 11.5 Å². The van der Waals surface area contributed by atoms with Crippen molar-refractivity contribution >= 4 is 0 Å². The van der Waals surface area contributed by atoms with Gasteiger partial charge in [0, 0.05) is 0 Å². The van der Waals surface area contributed by atoms with Gasteiger partial charge in [0.15, 0.2) is 0 Å². The summed E-state index contributed by atoms with van der Waals surface area (Å²) in [6.07, 6.45) is 0. The Kier molecular flexibility index (Phi) is 4.27. The lowest BCUT2D eigenvalue weighted by molar-refractivity contribution is 0.303. The zero-order valence-electron chi connectivity index (χ0n) is 11.9. The van der Waals surface area contributed by atoms with E-state index in [1.54, 1.807) is 13.2 Å². The third-order valence-corrected chi connectivity index (χ3v) is 3.34. The highest BCUT2D eigenvalue weighted by atomic mass is 16.5. The molecule has 0 radical (unpaired) electrons. The standard InChI is InChI=1S/C17H17NO2/c1-12-5-4-6-16(13(12)2)20-11-14-7-8-15(10-18)17(9-14)19-3/h4-9H,11H2,1-3H3. The van der Waals surface area contributed by atoms with Crippen molar-refractivity contribution in [2.45, 2.75) is 20.5 Å². The van der Waals surface area contributed by atoms with Crippen molar-refractivity contribution in [1.82, 2.24) is 0 Å². The van der Waals surface area contributed by atoms with E-state index in [0.29, 0.717) is 17.9 Å². The first-order valence-electron chi connectivity index (χ1n) is 6.41. The Balaban J connectivity index is 2.15. The molecule has 0 aliphatic rings. The van der Waals surface area contributed by atoms with E-state index in [-0.39, 0.29) is 0 Å². The van der Waals surface area contributed by atoms with Crippen molar-refractivity contribution in [3.63, 3.8) is 0 Å². The number of nitriles is 1. The first-order chi connectivity index (χ1) is 9.65. The van der Waals surface area contributed by atoms with Crippen LogP contribution in [0.25, 0.3) is 0 Å². The average Bonchev–Trinajstić information content (AvgIpc) is 2.48. The van der Waals surface area contributed by atoms with Crippen molar-refractivity contribution in [3.05, 3.63) is 58.7 Å². The maximum atomic E-state index is 8.95. The van der Waals surface area contributed by atoms with Gasteiger partial charge in [-0.3, -0.25) is 0 Å². The summed E-state index contributed by atoms with van der Waals surface area (Å²) >= 11 is 0. The lowest BCUT2D eigenvalue weighted by Crippen LogP contribution is -1.99. The summed E-state index contributed by atoms with van der Waals surface area (Å²) in [7, 11) is 1.56. The molecular weight excluding hydrogens is 250 g/mol. The lowest BCUT2D eigenvalue weighted by Gasteiger charge is -2.12. The van der Waals surface area contributed by atoms with Crippen molar-refractivity contribution < 1.29 is 9.47 Å². The van der Waals surface area contributed by atoms with Gasteiger partial charge in [0.2, 0.25) is 0 Å². The Morgan fingerprint density at radius 1 is 1.10 bits per heavy atom. The van der Waals surface area contributed by atoms with Gasteiger partial charge in [0.25, 0.3) is 0 Å². The number of rotatable bonds is 4. The largest absolute Gasteiger partial charge is 0.495 e. The molecule has 0 aliphatic heterocycles. The van der Waals surface area contributed by atoms with E-state index in [4.69, 9.17) is 14.7 Å². The third-order valence-electron chi connectivity index (χ3n) is 3.34. The maximum absolute atomic E-state index is 8.95. The number of methoxy groups -OCH3 is 1. The van der Waals surface area contributed by atoms with E-state index in [2.05, 4.69) is 19.1 Å². The number of hydrogen-bond acceptors (Lipinski definition) is 3. The molecule has 0 unspecified atom stereocenters. The number of hydrogen-bond donors (Lipinski definition) is 0. The van der Waals surface area contributed by atoms with Crippen LogP contribution in [-0.2, 0) is 6.61 Å². The fourth-order valence-electron chi connectivity index (χ4n) is 1.96. The van der Waals surface area contributed by atoms with Gasteiger partial charge in [0.1, 0.15) is 24.2 Å². The van der Waals surface area contributed by atoms with Crippen LogP contribution in [0.4, 0.5) is 0 Å². The van der Waals surface area contributed by atoms with Crippen LogP contribution in [0.15, 0.2) is 36.4 Å². The van der Waals surface area contributed by atoms with Gasteiger partial charge in [0.05, 0.1) is 12.7 Å². The highest BCUT2D eigenvalue weighted by Crippen LogP contribution is 2.23. The van der Waals surface area contributed by atoms with E-state index in [1.807, 2.05) is 31.2 Å². The van der Waals surface area contributed by atoms with Gasteiger partial charge in [-0.1, -0.05) is 18.2 Å². The smallest absolute Gasteiger partial charge is 0.137 e. The Morgan fingerprint density at radius 2 is 1.90 bits per heavy atom. The predicted octanol–water partition coefficient (Wildman–Crippen LogP) is 3.76. The molecule has 102 valence electrons. The summed E-state index contributed by atoms with van der Waals surface area (Å²) in [5, 5.41) is 8.95. The minimum Gasteiger partial charge on any atom is -0.495 e. The monoisotopic (exact) mass is 267 g/mol. The molecule has 0 amide bonds. The van der Waals surface area contributed by atoms with E-state index in [9.17, 15) is 0 Å². The van der Waals surface area contributed by atoms with Crippen LogP contribution in [0, 0.1) is 25.2 Å². The van der Waals surface area contributed by atoms with Crippen molar-refractivity contribution in [2.24, 2.45) is 0 Å². The summed E-state index contributed by atoms with van der Waals surface area (Å²) in [4.78, 5) is 0. The highest BCUT2D eigenvalue weighted by molar-refractivity contribution is 5.45. The van der Waals surface area contributed by atoms with E-state index >= 15 is 0 Å². The molecule has 0 saturated heterocycles. The molecule has 2 aromatic rings. The van der Waals surface area contributed by atoms with Gasteiger partial charge in [-0.15, -0.1) is 0 Å². The average molecular weight is 267 g/mol. The summed E-state index contributed by atoms with van der Waals surface area (Å²) < 4.78 is 11.0. The van der Waals surface area contributed by atoms with Gasteiger partial charge < -0.3 is 9.47 Å². The summed E-state index contributed by atoms with van der Waals surface area (Å²) in [6, 6.07) is 13.6. The molecule has 3 nitrogen and oxygen atoms in total. The second kappa shape index (κ2) is 6.12. The molecule has 0 aliphatic carbocycles. The Hall–Kier alpha value is -2.47.